The van der Waals surface area contributed by atoms with Gasteiger partial charge in [-0.2, -0.15) is 0 Å². The number of hydrogen-bond acceptors (Lipinski definition) is 4. The van der Waals surface area contributed by atoms with Crippen LogP contribution in [0.3, 0.4) is 0 Å². The highest BCUT2D eigenvalue weighted by Gasteiger charge is 2.07. The molecule has 3 N–H and O–H groups in total. The lowest BCUT2D eigenvalue weighted by Crippen LogP contribution is -2.08. The Morgan fingerprint density at radius 3 is 2.21 bits per heavy atom. The monoisotopic (exact) mass is 238 g/mol. The van der Waals surface area contributed by atoms with E-state index in [1.54, 1.807) is 19.2 Å². The van der Waals surface area contributed by atoms with E-state index in [2.05, 4.69) is 5.43 Å². The quantitative estimate of drug-likeness (QED) is 0.626. The molecule has 0 unspecified atom stereocenters. The molecule has 0 radical (unpaired) electrons. The number of rotatable bonds is 3. The molecule has 0 atom stereocenters. The topological polar surface area (TPSA) is 56.5 Å². The second kappa shape index (κ2) is 5.80. The summed E-state index contributed by atoms with van der Waals surface area (Å²) in [6, 6.07) is 3.30. The number of methoxy groups -OCH3 is 2. The summed E-state index contributed by atoms with van der Waals surface area (Å²) in [7, 11) is 3.08. The van der Waals surface area contributed by atoms with Gasteiger partial charge in [0.2, 0.25) is 0 Å². The Bertz CT molecular complexity index is 308. The number of ether oxygens (including phenoxy) is 2. The van der Waals surface area contributed by atoms with E-state index in [0.717, 1.165) is 0 Å². The SMILES string of the molecule is COc1cc(NN)c(OC)cc1Cl.Cl. The molecule has 0 spiro atoms. The Morgan fingerprint density at radius 1 is 1.21 bits per heavy atom. The van der Waals surface area contributed by atoms with Gasteiger partial charge in [0.1, 0.15) is 11.5 Å². The molecule has 0 aliphatic heterocycles. The number of hydrazine groups is 1. The van der Waals surface area contributed by atoms with Crippen molar-refractivity contribution in [2.75, 3.05) is 19.6 Å². The van der Waals surface area contributed by atoms with Gasteiger partial charge in [0.15, 0.2) is 0 Å². The van der Waals surface area contributed by atoms with Gasteiger partial charge in [-0.1, -0.05) is 11.6 Å². The lowest BCUT2D eigenvalue weighted by Gasteiger charge is -2.10. The van der Waals surface area contributed by atoms with Gasteiger partial charge in [0.05, 0.1) is 24.9 Å². The minimum atomic E-state index is 0. The van der Waals surface area contributed by atoms with Gasteiger partial charge >= 0.3 is 0 Å². The van der Waals surface area contributed by atoms with Crippen molar-refractivity contribution in [3.63, 3.8) is 0 Å². The summed E-state index contributed by atoms with van der Waals surface area (Å²) in [6.07, 6.45) is 0. The molecule has 0 aromatic heterocycles. The van der Waals surface area contributed by atoms with Gasteiger partial charge in [0, 0.05) is 12.1 Å². The normalized spacial score (nSPS) is 8.86. The molecule has 4 nitrogen and oxygen atoms in total. The molecule has 0 fully saturated rings. The van der Waals surface area contributed by atoms with E-state index >= 15 is 0 Å². The zero-order valence-corrected chi connectivity index (χ0v) is 9.41. The van der Waals surface area contributed by atoms with Crippen LogP contribution in [0.25, 0.3) is 0 Å². The summed E-state index contributed by atoms with van der Waals surface area (Å²) in [5.74, 6) is 6.40. The van der Waals surface area contributed by atoms with Gasteiger partial charge in [-0.25, -0.2) is 0 Å². The molecular formula is C8H12Cl2N2O2. The Balaban J connectivity index is 0.00000169. The first kappa shape index (κ1) is 13.2. The Hall–Kier alpha value is -0.840. The maximum Gasteiger partial charge on any atom is 0.145 e. The van der Waals surface area contributed by atoms with Crippen LogP contribution in [-0.2, 0) is 0 Å². The summed E-state index contributed by atoms with van der Waals surface area (Å²) in [5, 5.41) is 0.485. The van der Waals surface area contributed by atoms with Gasteiger partial charge in [-0.15, -0.1) is 12.4 Å². The third-order valence-corrected chi connectivity index (χ3v) is 1.92. The van der Waals surface area contributed by atoms with Crippen molar-refractivity contribution in [3.05, 3.63) is 17.2 Å². The average Bonchev–Trinajstić information content (AvgIpc) is 2.17. The van der Waals surface area contributed by atoms with Crippen LogP contribution in [0.4, 0.5) is 5.69 Å². The minimum absolute atomic E-state index is 0. The van der Waals surface area contributed by atoms with Gasteiger partial charge in [0.25, 0.3) is 0 Å². The first-order chi connectivity index (χ1) is 6.22. The van der Waals surface area contributed by atoms with Gasteiger partial charge in [-0.05, 0) is 0 Å². The zero-order chi connectivity index (χ0) is 9.84. The molecule has 1 aromatic rings. The van der Waals surface area contributed by atoms with Crippen molar-refractivity contribution in [2.24, 2.45) is 5.84 Å². The van der Waals surface area contributed by atoms with E-state index in [0.29, 0.717) is 22.2 Å². The van der Waals surface area contributed by atoms with E-state index < -0.39 is 0 Å². The summed E-state index contributed by atoms with van der Waals surface area (Å²) in [4.78, 5) is 0. The molecule has 0 aliphatic carbocycles. The maximum absolute atomic E-state index is 5.86. The van der Waals surface area contributed by atoms with Crippen LogP contribution in [0.2, 0.25) is 5.02 Å². The summed E-state index contributed by atoms with van der Waals surface area (Å²) < 4.78 is 10.0. The van der Waals surface area contributed by atoms with Crippen molar-refractivity contribution >= 4 is 29.7 Å². The number of anilines is 1. The molecule has 0 amide bonds. The van der Waals surface area contributed by atoms with Crippen molar-refractivity contribution in [3.8, 4) is 11.5 Å². The third kappa shape index (κ3) is 2.57. The number of nitrogen functional groups attached to an aromatic ring is 1. The standard InChI is InChI=1S/C8H11ClN2O2.ClH/c1-12-7-4-6(11-10)8(13-2)3-5(7)9;/h3-4,11H,10H2,1-2H3;1H. The average molecular weight is 239 g/mol. The fourth-order valence-electron chi connectivity index (χ4n) is 0.973. The number of nitrogens with one attached hydrogen (secondary N) is 1. The number of halogens is 2. The molecule has 0 aliphatic rings. The molecule has 80 valence electrons. The predicted octanol–water partition coefficient (Wildman–Crippen LogP) is 2.06. The smallest absolute Gasteiger partial charge is 0.145 e. The minimum Gasteiger partial charge on any atom is -0.495 e. The molecule has 0 saturated heterocycles. The van der Waals surface area contributed by atoms with E-state index in [1.807, 2.05) is 0 Å². The van der Waals surface area contributed by atoms with E-state index in [-0.39, 0.29) is 12.4 Å². The van der Waals surface area contributed by atoms with Crippen LogP contribution in [0.15, 0.2) is 12.1 Å². The highest BCUT2D eigenvalue weighted by atomic mass is 35.5. The zero-order valence-electron chi connectivity index (χ0n) is 7.83. The Morgan fingerprint density at radius 2 is 1.79 bits per heavy atom. The number of nitrogens with two attached hydrogens (primary N) is 1. The highest BCUT2D eigenvalue weighted by molar-refractivity contribution is 6.32. The van der Waals surface area contributed by atoms with Gasteiger partial charge < -0.3 is 14.9 Å². The van der Waals surface area contributed by atoms with Crippen molar-refractivity contribution < 1.29 is 9.47 Å². The molecule has 6 heteroatoms. The van der Waals surface area contributed by atoms with E-state index in [4.69, 9.17) is 26.9 Å². The van der Waals surface area contributed by atoms with Crippen LogP contribution in [0, 0.1) is 0 Å². The number of hydrogen-bond donors (Lipinski definition) is 2. The molecule has 0 saturated carbocycles. The fraction of sp³-hybridized carbons (Fsp3) is 0.250. The molecule has 1 aromatic carbocycles. The van der Waals surface area contributed by atoms with Gasteiger partial charge in [-0.3, -0.25) is 5.84 Å². The molecule has 0 heterocycles. The van der Waals surface area contributed by atoms with E-state index in [9.17, 15) is 0 Å². The summed E-state index contributed by atoms with van der Waals surface area (Å²) >= 11 is 5.86. The summed E-state index contributed by atoms with van der Waals surface area (Å²) in [5.41, 5.74) is 3.11. The molecule has 1 rings (SSSR count). The lowest BCUT2D eigenvalue weighted by molar-refractivity contribution is 0.405. The number of benzene rings is 1. The third-order valence-electron chi connectivity index (χ3n) is 1.63. The van der Waals surface area contributed by atoms with Crippen molar-refractivity contribution in [1.29, 1.82) is 0 Å². The van der Waals surface area contributed by atoms with Crippen LogP contribution in [-0.4, -0.2) is 14.2 Å². The van der Waals surface area contributed by atoms with Crippen LogP contribution in [0.1, 0.15) is 0 Å². The molecule has 0 bridgehead atoms. The predicted molar refractivity (Wildman–Crippen MR) is 59.6 cm³/mol. The Labute approximate surface area is 93.7 Å². The van der Waals surface area contributed by atoms with E-state index in [1.165, 1.54) is 7.11 Å². The first-order valence-electron chi connectivity index (χ1n) is 3.61. The highest BCUT2D eigenvalue weighted by Crippen LogP contribution is 2.35. The van der Waals surface area contributed by atoms with Crippen LogP contribution < -0.4 is 20.7 Å². The van der Waals surface area contributed by atoms with Crippen LogP contribution >= 0.6 is 24.0 Å². The lowest BCUT2D eigenvalue weighted by atomic mass is 10.3. The van der Waals surface area contributed by atoms with Crippen molar-refractivity contribution in [2.45, 2.75) is 0 Å². The largest absolute Gasteiger partial charge is 0.495 e. The second-order valence-electron chi connectivity index (χ2n) is 2.33. The van der Waals surface area contributed by atoms with Crippen LogP contribution in [0.5, 0.6) is 11.5 Å². The van der Waals surface area contributed by atoms with Crippen molar-refractivity contribution in [1.82, 2.24) is 0 Å². The summed E-state index contributed by atoms with van der Waals surface area (Å²) in [6.45, 7) is 0. The second-order valence-corrected chi connectivity index (χ2v) is 2.74. The molecular weight excluding hydrogens is 227 g/mol. The first-order valence-corrected chi connectivity index (χ1v) is 3.99. The maximum atomic E-state index is 5.86. The molecule has 14 heavy (non-hydrogen) atoms. The Kier molecular flexibility index (Phi) is 5.45. The fourth-order valence-corrected chi connectivity index (χ4v) is 1.20.